The van der Waals surface area contributed by atoms with Crippen LogP contribution in [0.1, 0.15) is 34.1 Å². The number of thioether (sulfide) groups is 1. The number of hydrogen-bond donors (Lipinski definition) is 2. The summed E-state index contributed by atoms with van der Waals surface area (Å²) in [5.41, 5.74) is -0.221. The van der Waals surface area contributed by atoms with Crippen LogP contribution in [-0.4, -0.2) is 61.8 Å². The number of anilines is 1. The van der Waals surface area contributed by atoms with E-state index < -0.39 is 40.2 Å². The Morgan fingerprint density at radius 1 is 1.11 bits per heavy atom. The van der Waals surface area contributed by atoms with Crippen LogP contribution >= 0.6 is 11.8 Å². The van der Waals surface area contributed by atoms with Crippen molar-refractivity contribution in [2.75, 3.05) is 11.9 Å². The van der Waals surface area contributed by atoms with E-state index in [-0.39, 0.29) is 40.6 Å². The molecular formula is C22H19N3O9S. The molecule has 1 heterocycles. The van der Waals surface area contributed by atoms with E-state index in [0.717, 1.165) is 40.9 Å². The topological polar surface area (TPSA) is 173 Å². The summed E-state index contributed by atoms with van der Waals surface area (Å²) in [7, 11) is 0. The summed E-state index contributed by atoms with van der Waals surface area (Å²) in [6.45, 7) is 1.29. The molecule has 1 aliphatic heterocycles. The monoisotopic (exact) mass is 501 g/mol. The van der Waals surface area contributed by atoms with Crippen LogP contribution < -0.4 is 5.32 Å². The molecule has 1 fully saturated rings. The van der Waals surface area contributed by atoms with Crippen molar-refractivity contribution in [2.45, 2.75) is 24.6 Å². The van der Waals surface area contributed by atoms with Gasteiger partial charge < -0.3 is 15.2 Å². The van der Waals surface area contributed by atoms with E-state index in [9.17, 15) is 34.1 Å². The van der Waals surface area contributed by atoms with Crippen molar-refractivity contribution >= 4 is 52.2 Å². The summed E-state index contributed by atoms with van der Waals surface area (Å²) in [5.74, 6) is -2.91. The number of carbonyl (C=O) groups is 5. The Balaban J connectivity index is 1.75. The van der Waals surface area contributed by atoms with Gasteiger partial charge in [-0.05, 0) is 36.8 Å². The summed E-state index contributed by atoms with van der Waals surface area (Å²) in [6.07, 6.45) is -1.03. The highest BCUT2D eigenvalue weighted by molar-refractivity contribution is 8.14. The number of amides is 2. The normalized spacial score (nSPS) is 16.9. The van der Waals surface area contributed by atoms with Crippen LogP contribution in [0.4, 0.5) is 16.2 Å². The minimum atomic E-state index is -1.19. The maximum absolute atomic E-state index is 12.9. The number of esters is 1. The highest BCUT2D eigenvalue weighted by atomic mass is 32.2. The molecule has 2 amide bonds. The highest BCUT2D eigenvalue weighted by Crippen LogP contribution is 2.30. The molecule has 2 aromatic rings. The van der Waals surface area contributed by atoms with Gasteiger partial charge in [0.15, 0.2) is 5.12 Å². The Kier molecular flexibility index (Phi) is 7.81. The van der Waals surface area contributed by atoms with Gasteiger partial charge in [0.05, 0.1) is 16.1 Å². The average Bonchev–Trinajstić information content (AvgIpc) is 3.22. The molecule has 2 aromatic carbocycles. The Morgan fingerprint density at radius 3 is 2.40 bits per heavy atom. The second-order valence-corrected chi connectivity index (χ2v) is 8.95. The van der Waals surface area contributed by atoms with E-state index in [1.165, 1.54) is 31.2 Å². The number of nitrogens with one attached hydrogen (secondary N) is 1. The van der Waals surface area contributed by atoms with Crippen LogP contribution in [0.15, 0.2) is 48.5 Å². The van der Waals surface area contributed by atoms with Gasteiger partial charge in [-0.1, -0.05) is 17.8 Å². The molecule has 182 valence electrons. The molecular weight excluding hydrogens is 482 g/mol. The molecule has 2 atom stereocenters. The standard InChI is InChI=1S/C22H19N3O9S/c1-12(26)35-17-10-18(19(27)23-15-4-2-3-14(9-15)20(28)29)24(11-17)22(31)34-21(30)13-5-7-16(8-6-13)25(32)33/h2-9,17-18H,10-11H2,1H3,(H,23,27)(H,28,29)/t17?,18-/m0/s1. The SMILES string of the molecule is CC(=O)SC1C[C@@H](C(=O)Nc2cccc(C(=O)O)c2)N(C(=O)OC(=O)c2ccc([N+](=O)[O-])cc2)C1. The number of non-ortho nitro benzene ring substituents is 1. The molecule has 1 aliphatic rings. The van der Waals surface area contributed by atoms with E-state index in [1.54, 1.807) is 0 Å². The predicted octanol–water partition coefficient (Wildman–Crippen LogP) is 2.93. The van der Waals surface area contributed by atoms with Gasteiger partial charge >= 0.3 is 18.0 Å². The molecule has 0 aliphatic carbocycles. The molecule has 13 heteroatoms. The van der Waals surface area contributed by atoms with Crippen molar-refractivity contribution in [1.29, 1.82) is 0 Å². The lowest BCUT2D eigenvalue weighted by Gasteiger charge is -2.22. The van der Waals surface area contributed by atoms with Crippen LogP contribution in [0.3, 0.4) is 0 Å². The quantitative estimate of drug-likeness (QED) is 0.259. The predicted molar refractivity (Wildman–Crippen MR) is 123 cm³/mol. The number of ether oxygens (including phenoxy) is 1. The van der Waals surface area contributed by atoms with Crippen molar-refractivity contribution in [1.82, 2.24) is 4.90 Å². The molecule has 3 rings (SSSR count). The third kappa shape index (κ3) is 6.41. The van der Waals surface area contributed by atoms with Crippen molar-refractivity contribution in [2.24, 2.45) is 0 Å². The first-order valence-electron chi connectivity index (χ1n) is 10.1. The zero-order chi connectivity index (χ0) is 25.7. The third-order valence-corrected chi connectivity index (χ3v) is 6.01. The molecule has 0 bridgehead atoms. The third-order valence-electron chi connectivity index (χ3n) is 5.00. The summed E-state index contributed by atoms with van der Waals surface area (Å²) in [4.78, 5) is 71.9. The summed E-state index contributed by atoms with van der Waals surface area (Å²) in [6, 6.07) is 8.84. The van der Waals surface area contributed by atoms with Gasteiger partial charge in [-0.15, -0.1) is 0 Å². The van der Waals surface area contributed by atoms with E-state index in [4.69, 9.17) is 9.84 Å². The minimum absolute atomic E-state index is 0.0517. The fourth-order valence-corrected chi connectivity index (χ4v) is 4.42. The molecule has 0 spiro atoms. The van der Waals surface area contributed by atoms with Gasteiger partial charge in [0.2, 0.25) is 5.91 Å². The van der Waals surface area contributed by atoms with Gasteiger partial charge in [-0.2, -0.15) is 0 Å². The number of hydrogen-bond acceptors (Lipinski definition) is 9. The molecule has 0 radical (unpaired) electrons. The molecule has 1 saturated heterocycles. The molecule has 0 saturated carbocycles. The number of aromatic carboxylic acids is 1. The van der Waals surface area contributed by atoms with E-state index in [0.29, 0.717) is 0 Å². The first-order chi connectivity index (χ1) is 16.5. The Hall–Kier alpha value is -4.26. The van der Waals surface area contributed by atoms with Crippen molar-refractivity contribution in [3.05, 3.63) is 69.8 Å². The average molecular weight is 501 g/mol. The number of likely N-dealkylation sites (tertiary alicyclic amines) is 1. The first-order valence-corrected chi connectivity index (χ1v) is 11.0. The maximum atomic E-state index is 12.9. The van der Waals surface area contributed by atoms with E-state index in [2.05, 4.69) is 5.32 Å². The molecule has 2 N–H and O–H groups in total. The number of nitro benzene ring substituents is 1. The van der Waals surface area contributed by atoms with Gasteiger partial charge in [0.25, 0.3) is 5.69 Å². The van der Waals surface area contributed by atoms with Gasteiger partial charge in [0.1, 0.15) is 6.04 Å². The van der Waals surface area contributed by atoms with Crippen molar-refractivity contribution in [3.63, 3.8) is 0 Å². The van der Waals surface area contributed by atoms with Crippen molar-refractivity contribution in [3.8, 4) is 0 Å². The summed E-state index contributed by atoms with van der Waals surface area (Å²) < 4.78 is 4.88. The lowest BCUT2D eigenvalue weighted by atomic mass is 10.1. The van der Waals surface area contributed by atoms with Crippen LogP contribution in [0.25, 0.3) is 0 Å². The molecule has 1 unspecified atom stereocenters. The highest BCUT2D eigenvalue weighted by Gasteiger charge is 2.42. The lowest BCUT2D eigenvalue weighted by molar-refractivity contribution is -0.384. The Labute approximate surface area is 202 Å². The number of carboxylic acid groups (broad SMARTS) is 1. The number of nitrogens with zero attached hydrogens (tertiary/aromatic N) is 2. The number of nitro groups is 1. The van der Waals surface area contributed by atoms with Gasteiger partial charge in [-0.3, -0.25) is 24.6 Å². The fraction of sp³-hybridized carbons (Fsp3) is 0.227. The number of carboxylic acids is 1. The Bertz CT molecular complexity index is 1200. The summed E-state index contributed by atoms with van der Waals surface area (Å²) >= 11 is 0.942. The van der Waals surface area contributed by atoms with Crippen LogP contribution in [0.5, 0.6) is 0 Å². The molecule has 12 nitrogen and oxygen atoms in total. The largest absolute Gasteiger partial charge is 0.478 e. The van der Waals surface area contributed by atoms with Crippen LogP contribution in [0.2, 0.25) is 0 Å². The molecule has 35 heavy (non-hydrogen) atoms. The minimum Gasteiger partial charge on any atom is -0.478 e. The van der Waals surface area contributed by atoms with E-state index >= 15 is 0 Å². The van der Waals surface area contributed by atoms with Crippen molar-refractivity contribution < 1.29 is 38.7 Å². The maximum Gasteiger partial charge on any atom is 0.418 e. The molecule has 0 aromatic heterocycles. The smallest absolute Gasteiger partial charge is 0.418 e. The second-order valence-electron chi connectivity index (χ2n) is 7.47. The summed E-state index contributed by atoms with van der Waals surface area (Å²) in [5, 5.41) is 21.8. The second kappa shape index (κ2) is 10.8. The first kappa shape index (κ1) is 25.4. The number of carbonyl (C=O) groups excluding carboxylic acids is 4. The van der Waals surface area contributed by atoms with Crippen LogP contribution in [0, 0.1) is 10.1 Å². The fourth-order valence-electron chi connectivity index (χ4n) is 3.44. The number of benzene rings is 2. The number of rotatable bonds is 6. The zero-order valence-electron chi connectivity index (χ0n) is 18.2. The lowest BCUT2D eigenvalue weighted by Crippen LogP contribution is -2.44. The van der Waals surface area contributed by atoms with Gasteiger partial charge in [0, 0.05) is 36.5 Å². The van der Waals surface area contributed by atoms with E-state index in [1.807, 2.05) is 0 Å². The zero-order valence-corrected chi connectivity index (χ0v) is 19.0. The van der Waals surface area contributed by atoms with Gasteiger partial charge in [-0.25, -0.2) is 14.4 Å². The van der Waals surface area contributed by atoms with Crippen LogP contribution in [-0.2, 0) is 14.3 Å². The Morgan fingerprint density at radius 2 is 1.80 bits per heavy atom.